The van der Waals surface area contributed by atoms with E-state index in [1.807, 2.05) is 6.92 Å². The van der Waals surface area contributed by atoms with Gasteiger partial charge in [0.05, 0.1) is 0 Å². The van der Waals surface area contributed by atoms with Gasteiger partial charge in [0.25, 0.3) is 0 Å². The van der Waals surface area contributed by atoms with Gasteiger partial charge in [0.2, 0.25) is 5.91 Å². The Labute approximate surface area is 60.5 Å². The molecule has 0 aliphatic heterocycles. The zero-order chi connectivity index (χ0) is 7.28. The monoisotopic (exact) mass is 148 g/mol. The van der Waals surface area contributed by atoms with Gasteiger partial charge in [-0.05, 0) is 5.92 Å². The van der Waals surface area contributed by atoms with Gasteiger partial charge in [-0.1, -0.05) is 19.7 Å². The Morgan fingerprint density at radius 2 is 2.44 bits per heavy atom. The van der Waals surface area contributed by atoms with E-state index in [9.17, 15) is 4.79 Å². The quantitative estimate of drug-likeness (QED) is 0.489. The van der Waals surface area contributed by atoms with Gasteiger partial charge >= 0.3 is 0 Å². The minimum atomic E-state index is -0.258. The highest BCUT2D eigenvalue weighted by Gasteiger charge is 2.03. The van der Waals surface area contributed by atoms with Gasteiger partial charge in [0.1, 0.15) is 0 Å². The largest absolute Gasteiger partial charge is 0.370 e. The predicted octanol–water partition coefficient (Wildman–Crippen LogP) is -0.0677. The number of nitrogens with two attached hydrogens (primary N) is 1. The second-order valence-electron chi connectivity index (χ2n) is 2.14. The molecule has 9 heavy (non-hydrogen) atoms. The predicted molar refractivity (Wildman–Crippen MR) is 40.0 cm³/mol. The molecule has 0 saturated carbocycles. The maximum atomic E-state index is 10.3. The highest BCUT2D eigenvalue weighted by molar-refractivity contribution is 7.78. The molecular formula is C5H12N2OS. The third-order valence-electron chi connectivity index (χ3n) is 0.989. The van der Waals surface area contributed by atoms with Crippen LogP contribution < -0.4 is 10.5 Å². The molecule has 0 aromatic heterocycles. The van der Waals surface area contributed by atoms with Gasteiger partial charge in [0.15, 0.2) is 0 Å². The van der Waals surface area contributed by atoms with Gasteiger partial charge in [-0.3, -0.25) is 9.52 Å². The Morgan fingerprint density at radius 1 is 1.89 bits per heavy atom. The van der Waals surface area contributed by atoms with Crippen molar-refractivity contribution in [3.8, 4) is 0 Å². The number of hydrogen-bond donors (Lipinski definition) is 3. The second-order valence-corrected chi connectivity index (χ2v) is 2.45. The van der Waals surface area contributed by atoms with Crippen molar-refractivity contribution in [2.45, 2.75) is 13.3 Å². The summed E-state index contributed by atoms with van der Waals surface area (Å²) in [4.78, 5) is 10.3. The molecular weight excluding hydrogens is 136 g/mol. The molecule has 1 amide bonds. The second kappa shape index (κ2) is 4.64. The molecule has 0 rings (SSSR count). The molecule has 54 valence electrons. The van der Waals surface area contributed by atoms with Crippen LogP contribution in [0.5, 0.6) is 0 Å². The molecule has 3 N–H and O–H groups in total. The summed E-state index contributed by atoms with van der Waals surface area (Å²) in [5.41, 5.74) is 4.93. The van der Waals surface area contributed by atoms with Crippen LogP contribution in [0.25, 0.3) is 0 Å². The average molecular weight is 148 g/mol. The molecule has 0 aliphatic carbocycles. The number of thiol groups is 1. The smallest absolute Gasteiger partial charge is 0.217 e. The lowest BCUT2D eigenvalue weighted by atomic mass is 10.1. The van der Waals surface area contributed by atoms with E-state index in [1.54, 1.807) is 0 Å². The molecule has 1 atom stereocenters. The molecule has 1 unspecified atom stereocenters. The first-order chi connectivity index (χ1) is 4.16. The standard InChI is InChI=1S/C5H12N2OS/c1-4(3-7-9)2-5(6)8/h4,7,9H,2-3H2,1H3,(H2,6,8). The molecule has 0 saturated heterocycles. The summed E-state index contributed by atoms with van der Waals surface area (Å²) in [7, 11) is 0. The van der Waals surface area contributed by atoms with E-state index in [4.69, 9.17) is 5.73 Å². The summed E-state index contributed by atoms with van der Waals surface area (Å²) >= 11 is 3.78. The molecule has 0 fully saturated rings. The summed E-state index contributed by atoms with van der Waals surface area (Å²) < 4.78 is 2.66. The van der Waals surface area contributed by atoms with E-state index in [0.717, 1.165) is 0 Å². The van der Waals surface area contributed by atoms with Crippen molar-refractivity contribution in [3.63, 3.8) is 0 Å². The molecule has 0 heterocycles. The van der Waals surface area contributed by atoms with Gasteiger partial charge in [0, 0.05) is 13.0 Å². The van der Waals surface area contributed by atoms with E-state index in [1.165, 1.54) is 0 Å². The van der Waals surface area contributed by atoms with Crippen LogP contribution in [-0.2, 0) is 4.79 Å². The van der Waals surface area contributed by atoms with Crippen molar-refractivity contribution >= 4 is 18.7 Å². The summed E-state index contributed by atoms with van der Waals surface area (Å²) in [6.45, 7) is 2.65. The fourth-order valence-electron chi connectivity index (χ4n) is 0.571. The normalized spacial score (nSPS) is 13.1. The van der Waals surface area contributed by atoms with Crippen LogP contribution in [0, 0.1) is 5.92 Å². The van der Waals surface area contributed by atoms with Crippen molar-refractivity contribution < 1.29 is 4.79 Å². The van der Waals surface area contributed by atoms with Crippen LogP contribution in [0.1, 0.15) is 13.3 Å². The first-order valence-corrected chi connectivity index (χ1v) is 3.26. The Balaban J connectivity index is 3.26. The maximum Gasteiger partial charge on any atom is 0.217 e. The topological polar surface area (TPSA) is 55.1 Å². The minimum absolute atomic E-state index is 0.258. The Hall–Kier alpha value is -0.220. The van der Waals surface area contributed by atoms with Crippen LogP contribution in [-0.4, -0.2) is 12.5 Å². The lowest BCUT2D eigenvalue weighted by Crippen LogP contribution is -2.20. The van der Waals surface area contributed by atoms with Crippen LogP contribution in [0.2, 0.25) is 0 Å². The number of primary amides is 1. The Morgan fingerprint density at radius 3 is 2.78 bits per heavy atom. The van der Waals surface area contributed by atoms with Gasteiger partial charge in [-0.2, -0.15) is 0 Å². The van der Waals surface area contributed by atoms with Crippen molar-refractivity contribution in [2.75, 3.05) is 6.54 Å². The SMILES string of the molecule is CC(CNS)CC(N)=O. The van der Waals surface area contributed by atoms with Crippen molar-refractivity contribution in [3.05, 3.63) is 0 Å². The number of amides is 1. The lowest BCUT2D eigenvalue weighted by molar-refractivity contribution is -0.118. The Kier molecular flexibility index (Phi) is 4.53. The summed E-state index contributed by atoms with van der Waals surface area (Å²) in [6.07, 6.45) is 0.424. The van der Waals surface area contributed by atoms with Crippen LogP contribution in [0.4, 0.5) is 0 Å². The third-order valence-corrected chi connectivity index (χ3v) is 1.17. The van der Waals surface area contributed by atoms with Gasteiger partial charge in [-0.25, -0.2) is 0 Å². The number of carbonyl (C=O) groups is 1. The minimum Gasteiger partial charge on any atom is -0.370 e. The molecule has 4 heteroatoms. The van der Waals surface area contributed by atoms with E-state index in [2.05, 4.69) is 17.5 Å². The lowest BCUT2D eigenvalue weighted by Gasteiger charge is -2.05. The molecule has 0 aromatic rings. The molecule has 0 bridgehead atoms. The highest BCUT2D eigenvalue weighted by Crippen LogP contribution is 1.97. The Bertz CT molecular complexity index is 97.0. The fraction of sp³-hybridized carbons (Fsp3) is 0.800. The van der Waals surface area contributed by atoms with Gasteiger partial charge < -0.3 is 5.73 Å². The maximum absolute atomic E-state index is 10.3. The number of carbonyl (C=O) groups excluding carboxylic acids is 1. The molecule has 0 spiro atoms. The zero-order valence-electron chi connectivity index (χ0n) is 5.42. The van der Waals surface area contributed by atoms with Crippen LogP contribution >= 0.6 is 12.8 Å². The van der Waals surface area contributed by atoms with E-state index in [0.29, 0.717) is 13.0 Å². The van der Waals surface area contributed by atoms with E-state index in [-0.39, 0.29) is 11.8 Å². The van der Waals surface area contributed by atoms with Crippen molar-refractivity contribution in [1.82, 2.24) is 4.72 Å². The summed E-state index contributed by atoms with van der Waals surface area (Å²) in [5.74, 6) is 0.0195. The number of hydrogen-bond acceptors (Lipinski definition) is 3. The highest BCUT2D eigenvalue weighted by atomic mass is 32.1. The summed E-state index contributed by atoms with van der Waals surface area (Å²) in [6, 6.07) is 0. The number of rotatable bonds is 4. The third kappa shape index (κ3) is 5.65. The summed E-state index contributed by atoms with van der Waals surface area (Å²) in [5, 5.41) is 0. The van der Waals surface area contributed by atoms with Gasteiger partial charge in [-0.15, -0.1) is 0 Å². The molecule has 3 nitrogen and oxygen atoms in total. The zero-order valence-corrected chi connectivity index (χ0v) is 6.32. The van der Waals surface area contributed by atoms with Crippen molar-refractivity contribution in [1.29, 1.82) is 0 Å². The van der Waals surface area contributed by atoms with E-state index >= 15 is 0 Å². The first kappa shape index (κ1) is 8.78. The molecule has 0 aliphatic rings. The fourth-order valence-corrected chi connectivity index (χ4v) is 0.883. The van der Waals surface area contributed by atoms with Crippen LogP contribution in [0.15, 0.2) is 0 Å². The van der Waals surface area contributed by atoms with Crippen LogP contribution in [0.3, 0.4) is 0 Å². The molecule has 0 radical (unpaired) electrons. The van der Waals surface area contributed by atoms with Crippen molar-refractivity contribution in [2.24, 2.45) is 11.7 Å². The number of nitrogens with one attached hydrogen (secondary N) is 1. The first-order valence-electron chi connectivity index (χ1n) is 2.82. The molecule has 0 aromatic carbocycles. The average Bonchev–Trinajstić information content (AvgIpc) is 1.63. The van der Waals surface area contributed by atoms with E-state index < -0.39 is 0 Å².